The second-order valence-corrected chi connectivity index (χ2v) is 7.18. The minimum absolute atomic E-state index is 0.716. The van der Waals surface area contributed by atoms with Crippen molar-refractivity contribution >= 4 is 22.9 Å². The Labute approximate surface area is 124 Å². The first-order chi connectivity index (χ1) is 9.31. The van der Waals surface area contributed by atoms with Crippen LogP contribution in [0, 0.1) is 0 Å². The summed E-state index contributed by atoms with van der Waals surface area (Å²) in [5.41, 5.74) is 0. The average Bonchev–Trinajstić information content (AvgIpc) is 2.85. The van der Waals surface area contributed by atoms with E-state index in [9.17, 15) is 0 Å². The lowest BCUT2D eigenvalue weighted by molar-refractivity contribution is -0.00346. The van der Waals surface area contributed by atoms with Crippen LogP contribution in [0.15, 0.2) is 12.1 Å². The molecule has 1 aromatic heterocycles. The van der Waals surface area contributed by atoms with E-state index in [1.807, 2.05) is 6.07 Å². The van der Waals surface area contributed by atoms with Gasteiger partial charge < -0.3 is 4.74 Å². The SMILES string of the molecule is Clc1ccc(CN2CCC[C@H](N3CCOCC3)C2)s1. The number of hydrogen-bond acceptors (Lipinski definition) is 4. The largest absolute Gasteiger partial charge is 0.379 e. The maximum Gasteiger partial charge on any atom is 0.0931 e. The molecular formula is C14H21ClN2OS. The molecule has 0 radical (unpaired) electrons. The molecule has 1 atom stereocenters. The van der Waals surface area contributed by atoms with E-state index in [4.69, 9.17) is 16.3 Å². The number of nitrogens with zero attached hydrogens (tertiary/aromatic N) is 2. The topological polar surface area (TPSA) is 15.7 Å². The first-order valence-corrected chi connectivity index (χ1v) is 8.29. The quantitative estimate of drug-likeness (QED) is 0.853. The van der Waals surface area contributed by atoms with E-state index in [0.29, 0.717) is 6.04 Å². The Kier molecular flexibility index (Phi) is 4.77. The van der Waals surface area contributed by atoms with Gasteiger partial charge in [0.15, 0.2) is 0 Å². The molecule has 3 nitrogen and oxygen atoms in total. The van der Waals surface area contributed by atoms with E-state index in [1.54, 1.807) is 11.3 Å². The summed E-state index contributed by atoms with van der Waals surface area (Å²) in [4.78, 5) is 6.57. The Morgan fingerprint density at radius 1 is 1.26 bits per heavy atom. The van der Waals surface area contributed by atoms with Gasteiger partial charge in [0, 0.05) is 37.1 Å². The summed E-state index contributed by atoms with van der Waals surface area (Å²) >= 11 is 7.71. The lowest BCUT2D eigenvalue weighted by Crippen LogP contribution is -2.51. The summed E-state index contributed by atoms with van der Waals surface area (Å²) < 4.78 is 6.35. The molecule has 2 aliphatic heterocycles. The van der Waals surface area contributed by atoms with Crippen LogP contribution < -0.4 is 0 Å². The highest BCUT2D eigenvalue weighted by Gasteiger charge is 2.26. The number of hydrogen-bond donors (Lipinski definition) is 0. The highest BCUT2D eigenvalue weighted by Crippen LogP contribution is 2.25. The highest BCUT2D eigenvalue weighted by atomic mass is 35.5. The first kappa shape index (κ1) is 13.8. The Morgan fingerprint density at radius 3 is 2.84 bits per heavy atom. The molecule has 3 heterocycles. The number of thiophene rings is 1. The third kappa shape index (κ3) is 3.70. The second-order valence-electron chi connectivity index (χ2n) is 5.39. The van der Waals surface area contributed by atoms with Crippen LogP contribution in [0.5, 0.6) is 0 Å². The lowest BCUT2D eigenvalue weighted by Gasteiger charge is -2.40. The van der Waals surface area contributed by atoms with Crippen molar-refractivity contribution in [1.29, 1.82) is 0 Å². The number of ether oxygens (including phenoxy) is 1. The van der Waals surface area contributed by atoms with Gasteiger partial charge in [0.25, 0.3) is 0 Å². The van der Waals surface area contributed by atoms with Crippen LogP contribution in [0.3, 0.4) is 0 Å². The molecule has 2 aliphatic rings. The van der Waals surface area contributed by atoms with Crippen LogP contribution in [-0.2, 0) is 11.3 Å². The zero-order valence-corrected chi connectivity index (χ0v) is 12.8. The van der Waals surface area contributed by atoms with Gasteiger partial charge in [-0.05, 0) is 31.5 Å². The molecule has 19 heavy (non-hydrogen) atoms. The molecule has 2 saturated heterocycles. The first-order valence-electron chi connectivity index (χ1n) is 7.09. The van der Waals surface area contributed by atoms with Crippen molar-refractivity contribution in [2.24, 2.45) is 0 Å². The van der Waals surface area contributed by atoms with Crippen molar-refractivity contribution in [3.05, 3.63) is 21.3 Å². The number of piperidine rings is 1. The van der Waals surface area contributed by atoms with Gasteiger partial charge in [0.1, 0.15) is 0 Å². The fourth-order valence-electron chi connectivity index (χ4n) is 3.07. The van der Waals surface area contributed by atoms with E-state index in [-0.39, 0.29) is 0 Å². The van der Waals surface area contributed by atoms with E-state index in [0.717, 1.165) is 37.2 Å². The van der Waals surface area contributed by atoms with E-state index in [1.165, 1.54) is 30.8 Å². The Bertz CT molecular complexity index is 406. The number of morpholine rings is 1. The Morgan fingerprint density at radius 2 is 2.11 bits per heavy atom. The van der Waals surface area contributed by atoms with Crippen molar-refractivity contribution in [3.63, 3.8) is 0 Å². The zero-order valence-electron chi connectivity index (χ0n) is 11.2. The van der Waals surface area contributed by atoms with Gasteiger partial charge in [-0.3, -0.25) is 9.80 Å². The monoisotopic (exact) mass is 300 g/mol. The van der Waals surface area contributed by atoms with Crippen molar-refractivity contribution in [2.75, 3.05) is 39.4 Å². The summed E-state index contributed by atoms with van der Waals surface area (Å²) in [6, 6.07) is 4.88. The van der Waals surface area contributed by atoms with Crippen molar-refractivity contribution in [1.82, 2.24) is 9.80 Å². The Balaban J connectivity index is 1.55. The highest BCUT2D eigenvalue weighted by molar-refractivity contribution is 7.16. The molecule has 2 fully saturated rings. The maximum atomic E-state index is 6.01. The molecule has 5 heteroatoms. The molecule has 0 aliphatic carbocycles. The molecular weight excluding hydrogens is 280 g/mol. The summed E-state index contributed by atoms with van der Waals surface area (Å²) in [7, 11) is 0. The number of rotatable bonds is 3. The summed E-state index contributed by atoms with van der Waals surface area (Å²) in [6.07, 6.45) is 2.64. The summed E-state index contributed by atoms with van der Waals surface area (Å²) in [5, 5.41) is 0. The van der Waals surface area contributed by atoms with E-state index in [2.05, 4.69) is 15.9 Å². The van der Waals surface area contributed by atoms with Gasteiger partial charge in [-0.25, -0.2) is 0 Å². The molecule has 3 rings (SSSR count). The van der Waals surface area contributed by atoms with Crippen LogP contribution in [0.2, 0.25) is 4.34 Å². The predicted molar refractivity (Wildman–Crippen MR) is 80.0 cm³/mol. The van der Waals surface area contributed by atoms with Crippen LogP contribution in [0.4, 0.5) is 0 Å². The van der Waals surface area contributed by atoms with E-state index >= 15 is 0 Å². The number of likely N-dealkylation sites (tertiary alicyclic amines) is 1. The molecule has 0 N–H and O–H groups in total. The molecule has 0 bridgehead atoms. The van der Waals surface area contributed by atoms with Gasteiger partial charge in [-0.1, -0.05) is 11.6 Å². The smallest absolute Gasteiger partial charge is 0.0931 e. The normalized spacial score (nSPS) is 26.7. The van der Waals surface area contributed by atoms with Gasteiger partial charge in [-0.2, -0.15) is 0 Å². The van der Waals surface area contributed by atoms with Crippen LogP contribution in [0.1, 0.15) is 17.7 Å². The summed E-state index contributed by atoms with van der Waals surface area (Å²) in [6.45, 7) is 7.46. The minimum atomic E-state index is 0.716. The maximum absolute atomic E-state index is 6.01. The molecule has 106 valence electrons. The lowest BCUT2D eigenvalue weighted by atomic mass is 10.0. The van der Waals surface area contributed by atoms with Crippen molar-refractivity contribution in [2.45, 2.75) is 25.4 Å². The van der Waals surface area contributed by atoms with E-state index < -0.39 is 0 Å². The Hall–Kier alpha value is -0.130. The summed E-state index contributed by atoms with van der Waals surface area (Å²) in [5.74, 6) is 0. The molecule has 0 unspecified atom stereocenters. The van der Waals surface area contributed by atoms with Crippen LogP contribution in [0.25, 0.3) is 0 Å². The molecule has 0 spiro atoms. The average molecular weight is 301 g/mol. The van der Waals surface area contributed by atoms with Crippen LogP contribution in [-0.4, -0.2) is 55.2 Å². The fraction of sp³-hybridized carbons (Fsp3) is 0.714. The standard InChI is InChI=1S/C14H21ClN2OS/c15-14-4-3-13(19-14)11-16-5-1-2-12(10-16)17-6-8-18-9-7-17/h3-4,12H,1-2,5-11H2/t12-/m0/s1. The zero-order chi connectivity index (χ0) is 13.1. The van der Waals surface area contributed by atoms with Crippen LogP contribution >= 0.6 is 22.9 Å². The second kappa shape index (κ2) is 6.55. The predicted octanol–water partition coefficient (Wildman–Crippen LogP) is 2.70. The molecule has 0 saturated carbocycles. The molecule has 0 amide bonds. The number of halogens is 1. The van der Waals surface area contributed by atoms with Crippen molar-refractivity contribution in [3.8, 4) is 0 Å². The van der Waals surface area contributed by atoms with Gasteiger partial charge in [0.2, 0.25) is 0 Å². The third-order valence-electron chi connectivity index (χ3n) is 4.05. The van der Waals surface area contributed by atoms with Gasteiger partial charge >= 0.3 is 0 Å². The van der Waals surface area contributed by atoms with Gasteiger partial charge in [0.05, 0.1) is 17.6 Å². The fourth-order valence-corrected chi connectivity index (χ4v) is 4.20. The minimum Gasteiger partial charge on any atom is -0.379 e. The van der Waals surface area contributed by atoms with Crippen molar-refractivity contribution < 1.29 is 4.74 Å². The molecule has 1 aromatic rings. The van der Waals surface area contributed by atoms with Gasteiger partial charge in [-0.15, -0.1) is 11.3 Å². The molecule has 0 aromatic carbocycles. The third-order valence-corrected chi connectivity index (χ3v) is 5.27.